The first kappa shape index (κ1) is 17.1. The monoisotopic (exact) mass is 396 g/mol. The van der Waals surface area contributed by atoms with E-state index < -0.39 is 17.7 Å². The van der Waals surface area contributed by atoms with Crippen LogP contribution in [0.25, 0.3) is 10.1 Å². The fraction of sp³-hybridized carbons (Fsp3) is 0.357. The normalized spacial score (nSPS) is 11.9. The minimum absolute atomic E-state index is 0.0329. The van der Waals surface area contributed by atoms with Gasteiger partial charge in [0.1, 0.15) is 4.88 Å². The standard InChI is InChI=1S/C14H12BrF3O3S/c1-14(17,18)5-2-6-21-10-8(16)4-3-7-9(15)12(13(19)20)22-11(7)10/h3-4H,2,5-6H2,1H3,(H,19,20). The minimum atomic E-state index is -2.80. The smallest absolute Gasteiger partial charge is 0.347 e. The fourth-order valence-corrected chi connectivity index (χ4v) is 3.81. The van der Waals surface area contributed by atoms with E-state index in [1.54, 1.807) is 0 Å². The molecule has 0 saturated heterocycles. The quantitative estimate of drug-likeness (QED) is 0.672. The molecule has 0 aliphatic carbocycles. The Morgan fingerprint density at radius 2 is 2.14 bits per heavy atom. The number of thiophene rings is 1. The lowest BCUT2D eigenvalue weighted by molar-refractivity contribution is 0.00764. The topological polar surface area (TPSA) is 46.5 Å². The van der Waals surface area contributed by atoms with Gasteiger partial charge in [-0.25, -0.2) is 18.0 Å². The number of hydrogen-bond donors (Lipinski definition) is 1. The number of benzene rings is 1. The molecule has 0 aliphatic rings. The summed E-state index contributed by atoms with van der Waals surface area (Å²) in [6, 6.07) is 2.61. The van der Waals surface area contributed by atoms with Crippen molar-refractivity contribution in [3.8, 4) is 5.75 Å². The molecule has 0 radical (unpaired) electrons. The second-order valence-corrected chi connectivity index (χ2v) is 6.64. The SMILES string of the molecule is CC(F)(F)CCCOc1c(F)ccc2c(Br)c(C(=O)O)sc12. The van der Waals surface area contributed by atoms with Gasteiger partial charge >= 0.3 is 5.97 Å². The first-order valence-corrected chi connectivity index (χ1v) is 7.96. The van der Waals surface area contributed by atoms with Crippen molar-refractivity contribution in [3.63, 3.8) is 0 Å². The average Bonchev–Trinajstić information content (AvgIpc) is 2.73. The summed E-state index contributed by atoms with van der Waals surface area (Å²) < 4.78 is 45.3. The zero-order chi connectivity index (χ0) is 16.5. The average molecular weight is 397 g/mol. The summed E-state index contributed by atoms with van der Waals surface area (Å²) in [4.78, 5) is 11.2. The third-order valence-electron chi connectivity index (χ3n) is 2.90. The fourth-order valence-electron chi connectivity index (χ4n) is 1.91. The van der Waals surface area contributed by atoms with Gasteiger partial charge in [0, 0.05) is 11.8 Å². The van der Waals surface area contributed by atoms with Gasteiger partial charge in [-0.1, -0.05) is 0 Å². The first-order valence-electron chi connectivity index (χ1n) is 6.35. The number of ether oxygens (including phenoxy) is 1. The highest BCUT2D eigenvalue weighted by molar-refractivity contribution is 9.10. The molecule has 0 spiro atoms. The van der Waals surface area contributed by atoms with E-state index in [0.29, 0.717) is 14.6 Å². The number of aromatic carboxylic acids is 1. The largest absolute Gasteiger partial charge is 0.489 e. The molecule has 0 saturated carbocycles. The molecule has 1 aromatic carbocycles. The van der Waals surface area contributed by atoms with E-state index in [0.717, 1.165) is 24.3 Å². The number of fused-ring (bicyclic) bond motifs is 1. The third-order valence-corrected chi connectivity index (χ3v) is 5.18. The molecule has 1 N–H and O–H groups in total. The van der Waals surface area contributed by atoms with Crippen molar-refractivity contribution < 1.29 is 27.8 Å². The summed E-state index contributed by atoms with van der Waals surface area (Å²) in [5, 5.41) is 9.61. The van der Waals surface area contributed by atoms with Gasteiger partial charge in [0.15, 0.2) is 11.6 Å². The van der Waals surface area contributed by atoms with E-state index in [1.807, 2.05) is 0 Å². The van der Waals surface area contributed by atoms with Gasteiger partial charge in [-0.05, 0) is 41.4 Å². The highest BCUT2D eigenvalue weighted by Crippen LogP contribution is 2.42. The molecule has 22 heavy (non-hydrogen) atoms. The molecule has 1 aromatic heterocycles. The summed E-state index contributed by atoms with van der Waals surface area (Å²) in [5.41, 5.74) is 0. The molecule has 3 nitrogen and oxygen atoms in total. The van der Waals surface area contributed by atoms with Crippen LogP contribution in [0, 0.1) is 5.82 Å². The van der Waals surface area contributed by atoms with Crippen LogP contribution < -0.4 is 4.74 Å². The molecule has 2 aromatic rings. The number of carboxylic acids is 1. The number of halogens is 4. The van der Waals surface area contributed by atoms with Crippen molar-refractivity contribution in [2.24, 2.45) is 0 Å². The predicted octanol–water partition coefficient (Wildman–Crippen LogP) is 5.32. The summed E-state index contributed by atoms with van der Waals surface area (Å²) in [6.07, 6.45) is -0.295. The van der Waals surface area contributed by atoms with Gasteiger partial charge < -0.3 is 9.84 Å². The Kier molecular flexibility index (Phi) is 5.01. The third kappa shape index (κ3) is 3.73. The molecule has 120 valence electrons. The molecule has 2 rings (SSSR count). The van der Waals surface area contributed by atoms with E-state index in [4.69, 9.17) is 9.84 Å². The van der Waals surface area contributed by atoms with Gasteiger partial charge in [-0.2, -0.15) is 0 Å². The summed E-state index contributed by atoms with van der Waals surface area (Å²) >= 11 is 4.05. The maximum Gasteiger partial charge on any atom is 0.347 e. The van der Waals surface area contributed by atoms with Crippen LogP contribution in [0.5, 0.6) is 5.75 Å². The highest BCUT2D eigenvalue weighted by atomic mass is 79.9. The molecule has 0 fully saturated rings. The number of carbonyl (C=O) groups is 1. The number of alkyl halides is 2. The summed E-state index contributed by atoms with van der Waals surface area (Å²) in [6.45, 7) is 0.737. The zero-order valence-corrected chi connectivity index (χ0v) is 13.9. The molecule has 0 aliphatic heterocycles. The van der Waals surface area contributed by atoms with Gasteiger partial charge in [-0.3, -0.25) is 0 Å². The second kappa shape index (κ2) is 6.45. The zero-order valence-electron chi connectivity index (χ0n) is 11.5. The number of carboxylic acid groups (broad SMARTS) is 1. The van der Waals surface area contributed by atoms with E-state index in [2.05, 4.69) is 15.9 Å². The predicted molar refractivity (Wildman–Crippen MR) is 81.8 cm³/mol. The van der Waals surface area contributed by atoms with E-state index in [9.17, 15) is 18.0 Å². The van der Waals surface area contributed by atoms with E-state index in [-0.39, 0.29) is 30.1 Å². The van der Waals surface area contributed by atoms with Crippen LogP contribution >= 0.6 is 27.3 Å². The van der Waals surface area contributed by atoms with Gasteiger partial charge in [0.2, 0.25) is 5.92 Å². The Bertz CT molecular complexity index is 709. The second-order valence-electron chi connectivity index (χ2n) is 4.83. The molecule has 0 atom stereocenters. The van der Waals surface area contributed by atoms with Crippen molar-refractivity contribution in [1.82, 2.24) is 0 Å². The van der Waals surface area contributed by atoms with Crippen molar-refractivity contribution >= 4 is 43.3 Å². The lowest BCUT2D eigenvalue weighted by Crippen LogP contribution is -2.11. The van der Waals surface area contributed by atoms with Gasteiger partial charge in [-0.15, -0.1) is 11.3 Å². The summed E-state index contributed by atoms with van der Waals surface area (Å²) in [5.74, 6) is -4.68. The maximum absolute atomic E-state index is 13.9. The van der Waals surface area contributed by atoms with Crippen LogP contribution in [0.4, 0.5) is 13.2 Å². The van der Waals surface area contributed by atoms with Crippen LogP contribution in [-0.4, -0.2) is 23.6 Å². The molecule has 8 heteroatoms. The lowest BCUT2D eigenvalue weighted by Gasteiger charge is -2.11. The Labute approximate surface area is 136 Å². The van der Waals surface area contributed by atoms with Crippen molar-refractivity contribution in [2.45, 2.75) is 25.7 Å². The Hall–Kier alpha value is -1.28. The van der Waals surface area contributed by atoms with Crippen molar-refractivity contribution in [3.05, 3.63) is 27.3 Å². The Morgan fingerprint density at radius 1 is 1.45 bits per heavy atom. The van der Waals surface area contributed by atoms with Crippen LogP contribution in [0.3, 0.4) is 0 Å². The van der Waals surface area contributed by atoms with Crippen LogP contribution in [0.15, 0.2) is 16.6 Å². The van der Waals surface area contributed by atoms with Gasteiger partial charge in [0.25, 0.3) is 0 Å². The lowest BCUT2D eigenvalue weighted by atomic mass is 10.2. The molecular formula is C14H12BrF3O3S. The number of hydrogen-bond acceptors (Lipinski definition) is 3. The van der Waals surface area contributed by atoms with Crippen LogP contribution in [-0.2, 0) is 0 Å². The number of rotatable bonds is 6. The molecular weight excluding hydrogens is 385 g/mol. The van der Waals surface area contributed by atoms with E-state index in [1.165, 1.54) is 6.07 Å². The van der Waals surface area contributed by atoms with Crippen molar-refractivity contribution in [2.75, 3.05) is 6.61 Å². The van der Waals surface area contributed by atoms with E-state index >= 15 is 0 Å². The minimum Gasteiger partial charge on any atom is -0.489 e. The first-order chi connectivity index (χ1) is 10.2. The van der Waals surface area contributed by atoms with Crippen molar-refractivity contribution in [1.29, 1.82) is 0 Å². The highest BCUT2D eigenvalue weighted by Gasteiger charge is 2.22. The van der Waals surface area contributed by atoms with Gasteiger partial charge in [0.05, 0.1) is 15.8 Å². The molecule has 1 heterocycles. The Balaban J connectivity index is 2.27. The van der Waals surface area contributed by atoms with Crippen LogP contribution in [0.1, 0.15) is 29.4 Å². The molecule has 0 amide bonds. The maximum atomic E-state index is 13.9. The Morgan fingerprint density at radius 3 is 2.73 bits per heavy atom. The van der Waals surface area contributed by atoms with Crippen LogP contribution in [0.2, 0.25) is 0 Å². The molecule has 0 unspecified atom stereocenters. The molecule has 0 bridgehead atoms. The summed E-state index contributed by atoms with van der Waals surface area (Å²) in [7, 11) is 0.